The number of para-hydroxylation sites is 2. The van der Waals surface area contributed by atoms with Crippen LogP contribution in [0.1, 0.15) is 34.3 Å². The lowest BCUT2D eigenvalue weighted by Gasteiger charge is -2.35. The Bertz CT molecular complexity index is 2470. The van der Waals surface area contributed by atoms with Crippen LogP contribution in [-0.2, 0) is 54.0 Å². The maximum atomic E-state index is 10.0. The Labute approximate surface area is 425 Å². The molecule has 18 nitrogen and oxygen atoms in total. The van der Waals surface area contributed by atoms with Crippen LogP contribution in [0.3, 0.4) is 0 Å². The first kappa shape index (κ1) is 53.9. The minimum atomic E-state index is -0.315. The average molecular weight is 1010 g/mol. The molecule has 0 saturated carbocycles. The summed E-state index contributed by atoms with van der Waals surface area (Å²) in [5.74, 6) is 0. The molecule has 0 aliphatic carbocycles. The van der Waals surface area contributed by atoms with E-state index < -0.39 is 0 Å². The predicted octanol–water partition coefficient (Wildman–Crippen LogP) is 8.20. The molecule has 5 aromatic rings. The van der Waals surface area contributed by atoms with Gasteiger partial charge in [0, 0.05) is 40.2 Å². The molecule has 1 N–H and O–H groups in total. The van der Waals surface area contributed by atoms with Gasteiger partial charge in [0.15, 0.2) is 0 Å². The van der Waals surface area contributed by atoms with Crippen LogP contribution < -0.4 is 9.91 Å². The Balaban J connectivity index is 0.774. The van der Waals surface area contributed by atoms with E-state index in [0.29, 0.717) is 131 Å². The summed E-state index contributed by atoms with van der Waals surface area (Å²) in [5.41, 5.74) is 6.97. The van der Waals surface area contributed by atoms with E-state index in [1.807, 2.05) is 53.5 Å². The largest absolute Gasteiger partial charge is 0.428 e. The van der Waals surface area contributed by atoms with Crippen molar-refractivity contribution in [1.29, 1.82) is 5.26 Å². The molecule has 7 rings (SSSR count). The summed E-state index contributed by atoms with van der Waals surface area (Å²) < 4.78 is 53.1. The van der Waals surface area contributed by atoms with Gasteiger partial charge >= 0.3 is 0 Å². The summed E-state index contributed by atoms with van der Waals surface area (Å²) >= 11 is 1.14. The molecule has 2 aliphatic heterocycles. The molecule has 3 atom stereocenters. The fraction of sp³-hybridized carbons (Fsp3) is 0.434. The monoisotopic (exact) mass is 1010 g/mol. The molecule has 4 aromatic carbocycles. The summed E-state index contributed by atoms with van der Waals surface area (Å²) in [4.78, 5) is 8.55. The number of fused-ring (bicyclic) bond motifs is 6. The Kier molecular flexibility index (Phi) is 23.1. The number of ether oxygens (including phenoxy) is 9. The molecule has 0 amide bonds. The number of nitrogens with zero attached hydrogens (tertiary/aromatic N) is 7. The molecule has 3 heterocycles. The van der Waals surface area contributed by atoms with Crippen molar-refractivity contribution >= 4 is 40.3 Å². The summed E-state index contributed by atoms with van der Waals surface area (Å²) in [6, 6.07) is 32.0. The highest BCUT2D eigenvalue weighted by atomic mass is 32.2. The SMILES string of the molecule is C=CCOCCOCCOCC(COCCOCCOCCO/N=C/c1cn(O)c2ccccc12)OCCOCCOCCN1Cc2ccccc2C2C(N=NN2c2ccc(SC#N)cc2)c2ccccc21. The number of thioether (sulfide) groups is 1. The molecule has 0 saturated heterocycles. The Morgan fingerprint density at radius 3 is 2.04 bits per heavy atom. The van der Waals surface area contributed by atoms with E-state index in [-0.39, 0.29) is 24.8 Å². The van der Waals surface area contributed by atoms with Crippen molar-refractivity contribution in [1.82, 2.24) is 4.73 Å². The minimum Gasteiger partial charge on any atom is -0.428 e. The zero-order chi connectivity index (χ0) is 49.8. The molecule has 3 unspecified atom stereocenters. The molecule has 0 bridgehead atoms. The van der Waals surface area contributed by atoms with Crippen LogP contribution in [0.5, 0.6) is 0 Å². The number of thiocyanates is 1. The molecule has 0 fully saturated rings. The minimum absolute atomic E-state index is 0.121. The van der Waals surface area contributed by atoms with E-state index >= 15 is 0 Å². The van der Waals surface area contributed by atoms with Crippen molar-refractivity contribution in [2.75, 3.05) is 135 Å². The van der Waals surface area contributed by atoms with Gasteiger partial charge in [-0.25, -0.2) is 5.01 Å². The summed E-state index contributed by atoms with van der Waals surface area (Å²) in [7, 11) is 0. The normalized spacial score (nSPS) is 15.5. The lowest BCUT2D eigenvalue weighted by molar-refractivity contribution is -0.0867. The van der Waals surface area contributed by atoms with E-state index in [9.17, 15) is 5.21 Å². The maximum Gasteiger partial charge on any atom is 0.140 e. The molecular weight excluding hydrogens is 943 g/mol. The van der Waals surface area contributed by atoms with Crippen molar-refractivity contribution in [2.24, 2.45) is 15.5 Å². The second-order valence-corrected chi connectivity index (χ2v) is 17.2. The first-order valence-electron chi connectivity index (χ1n) is 24.2. The number of aromatic nitrogens is 1. The smallest absolute Gasteiger partial charge is 0.140 e. The summed E-state index contributed by atoms with van der Waals surface area (Å²) in [6.07, 6.45) is 4.54. The highest BCUT2D eigenvalue weighted by Crippen LogP contribution is 2.49. The molecule has 19 heteroatoms. The third-order valence-electron chi connectivity index (χ3n) is 11.5. The Morgan fingerprint density at radius 1 is 0.708 bits per heavy atom. The van der Waals surface area contributed by atoms with Crippen molar-refractivity contribution in [3.05, 3.63) is 138 Å². The molecule has 2 aliphatic rings. The highest BCUT2D eigenvalue weighted by molar-refractivity contribution is 8.03. The Hall–Kier alpha value is -5.89. The summed E-state index contributed by atoms with van der Waals surface area (Å²) in [5, 5.41) is 37.7. The maximum absolute atomic E-state index is 10.0. The number of anilines is 2. The highest BCUT2D eigenvalue weighted by Gasteiger charge is 2.40. The summed E-state index contributed by atoms with van der Waals surface area (Å²) in [6.45, 7) is 12.3. The van der Waals surface area contributed by atoms with Gasteiger partial charge in [-0.05, 0) is 59.3 Å². The quantitative estimate of drug-likeness (QED) is 0.00779. The zero-order valence-corrected chi connectivity index (χ0v) is 41.4. The third kappa shape index (κ3) is 16.6. The van der Waals surface area contributed by atoms with Gasteiger partial charge in [-0.1, -0.05) is 77.1 Å². The Morgan fingerprint density at radius 2 is 1.32 bits per heavy atom. The van der Waals surface area contributed by atoms with Gasteiger partial charge in [0.05, 0.1) is 136 Å². The number of oxime groups is 1. The standard InChI is InChI=1S/C53H65N7O11S/c1-2-20-62-22-24-64-28-30-68-39-45(40-69-31-29-65-26-27-67-33-35-71-55-36-43-38-59(61)51-14-8-5-10-47(43)51)70-34-32-66-25-23-63-21-19-58-37-42-9-3-4-11-48(42)53-52(49-12-6-7-13-50(49)58)56-57-60(53)44-15-17-46(18-16-44)72-41-54/h2-18,36,38,45,52-53,61H,1,19-35,37,39-40H2/b55-36+. The number of rotatable bonds is 35. The second-order valence-electron chi connectivity index (χ2n) is 16.4. The van der Waals surface area contributed by atoms with Gasteiger partial charge in [0.25, 0.3) is 0 Å². The topological polar surface area (TPSA) is 185 Å². The zero-order valence-electron chi connectivity index (χ0n) is 40.6. The number of hydrogen-bond acceptors (Lipinski definition) is 18. The van der Waals surface area contributed by atoms with Crippen LogP contribution in [0.4, 0.5) is 11.4 Å². The third-order valence-corrected chi connectivity index (χ3v) is 12.1. The van der Waals surface area contributed by atoms with Crippen molar-refractivity contribution in [3.63, 3.8) is 0 Å². The number of benzene rings is 4. The van der Waals surface area contributed by atoms with Crippen LogP contribution in [0.15, 0.2) is 136 Å². The predicted molar refractivity (Wildman–Crippen MR) is 274 cm³/mol. The molecule has 384 valence electrons. The van der Waals surface area contributed by atoms with Gasteiger partial charge in [-0.2, -0.15) is 15.1 Å². The number of hydrogen-bond donors (Lipinski definition) is 1. The van der Waals surface area contributed by atoms with E-state index in [0.717, 1.165) is 49.3 Å². The van der Waals surface area contributed by atoms with Gasteiger partial charge in [-0.15, -0.1) is 6.58 Å². The fourth-order valence-corrected chi connectivity index (χ4v) is 8.51. The average Bonchev–Trinajstić information content (AvgIpc) is 3.98. The van der Waals surface area contributed by atoms with E-state index in [1.54, 1.807) is 18.5 Å². The van der Waals surface area contributed by atoms with Gasteiger partial charge in [0.2, 0.25) is 0 Å². The fourth-order valence-electron chi connectivity index (χ4n) is 8.14. The van der Waals surface area contributed by atoms with Crippen LogP contribution in [0, 0.1) is 10.7 Å². The van der Waals surface area contributed by atoms with Crippen molar-refractivity contribution in [2.45, 2.75) is 29.6 Å². The molecule has 72 heavy (non-hydrogen) atoms. The van der Waals surface area contributed by atoms with Crippen LogP contribution in [-0.4, -0.2) is 148 Å². The molecule has 0 spiro atoms. The lowest BCUT2D eigenvalue weighted by Crippen LogP contribution is -2.33. The second kappa shape index (κ2) is 30.9. The van der Waals surface area contributed by atoms with Crippen LogP contribution in [0.2, 0.25) is 0 Å². The number of nitriles is 1. The first-order valence-corrected chi connectivity index (χ1v) is 25.0. The van der Waals surface area contributed by atoms with Gasteiger partial charge in [0.1, 0.15) is 30.2 Å². The van der Waals surface area contributed by atoms with Crippen molar-refractivity contribution < 1.29 is 52.7 Å². The van der Waals surface area contributed by atoms with Crippen molar-refractivity contribution in [3.8, 4) is 5.40 Å². The first-order chi connectivity index (χ1) is 35.6. The molecule has 0 radical (unpaired) electrons. The van der Waals surface area contributed by atoms with Gasteiger partial charge < -0.3 is 57.6 Å². The van der Waals surface area contributed by atoms with E-state index in [4.69, 9.17) is 63.1 Å². The van der Waals surface area contributed by atoms with E-state index in [2.05, 4.69) is 70.6 Å². The van der Waals surface area contributed by atoms with Crippen LogP contribution in [0.25, 0.3) is 10.9 Å². The lowest BCUT2D eigenvalue weighted by atomic mass is 9.87. The van der Waals surface area contributed by atoms with Crippen LogP contribution >= 0.6 is 11.8 Å². The van der Waals surface area contributed by atoms with Gasteiger partial charge in [-0.3, -0.25) is 0 Å². The molecular formula is C53H65N7O11S. The van der Waals surface area contributed by atoms with E-state index in [1.165, 1.54) is 11.1 Å². The molecule has 1 aromatic heterocycles.